The Bertz CT molecular complexity index is 425. The van der Waals surface area contributed by atoms with Crippen molar-refractivity contribution in [3.05, 3.63) is 28.2 Å². The molecule has 1 fully saturated rings. The maximum absolute atomic E-state index is 3.60. The summed E-state index contributed by atoms with van der Waals surface area (Å²) in [5.74, 6) is 0.693. The molecule has 1 saturated carbocycles. The van der Waals surface area contributed by atoms with Gasteiger partial charge in [-0.2, -0.15) is 0 Å². The highest BCUT2D eigenvalue weighted by Crippen LogP contribution is 2.30. The van der Waals surface area contributed by atoms with E-state index < -0.39 is 0 Å². The van der Waals surface area contributed by atoms with Gasteiger partial charge in [-0.1, -0.05) is 42.6 Å². The molecule has 0 saturated heterocycles. The molecule has 0 aromatic heterocycles. The van der Waals surface area contributed by atoms with Gasteiger partial charge < -0.3 is 10.2 Å². The van der Waals surface area contributed by atoms with Crippen LogP contribution in [0.4, 0.5) is 5.69 Å². The van der Waals surface area contributed by atoms with Gasteiger partial charge in [0.05, 0.1) is 0 Å². The van der Waals surface area contributed by atoms with E-state index in [0.717, 1.165) is 19.1 Å². The zero-order valence-corrected chi connectivity index (χ0v) is 14.5. The van der Waals surface area contributed by atoms with Gasteiger partial charge in [0, 0.05) is 29.8 Å². The van der Waals surface area contributed by atoms with Crippen molar-refractivity contribution in [2.24, 2.45) is 5.92 Å². The Kier molecular flexibility index (Phi) is 5.91. The lowest BCUT2D eigenvalue weighted by Crippen LogP contribution is -2.30. The van der Waals surface area contributed by atoms with Crippen LogP contribution < -0.4 is 10.2 Å². The van der Waals surface area contributed by atoms with E-state index in [1.165, 1.54) is 41.4 Å². The van der Waals surface area contributed by atoms with E-state index in [4.69, 9.17) is 0 Å². The van der Waals surface area contributed by atoms with Gasteiger partial charge >= 0.3 is 0 Å². The number of hydrogen-bond donors (Lipinski definition) is 1. The molecule has 0 bridgehead atoms. The summed E-state index contributed by atoms with van der Waals surface area (Å²) in [5.41, 5.74) is 2.78. The first-order valence-electron chi connectivity index (χ1n) is 7.80. The molecular formula is C17H27BrN2. The Morgan fingerprint density at radius 3 is 2.65 bits per heavy atom. The van der Waals surface area contributed by atoms with Crippen LogP contribution in [0, 0.1) is 5.92 Å². The Morgan fingerprint density at radius 2 is 2.00 bits per heavy atom. The fourth-order valence-corrected chi connectivity index (χ4v) is 3.43. The molecule has 1 aliphatic carbocycles. The van der Waals surface area contributed by atoms with Crippen LogP contribution in [0.5, 0.6) is 0 Å². The first-order chi connectivity index (χ1) is 9.58. The third-order valence-corrected chi connectivity index (χ3v) is 4.66. The van der Waals surface area contributed by atoms with Crippen molar-refractivity contribution in [2.75, 3.05) is 18.5 Å². The average Bonchev–Trinajstić information content (AvgIpc) is 2.91. The number of nitrogens with one attached hydrogen (secondary N) is 1. The second kappa shape index (κ2) is 7.46. The number of rotatable bonds is 6. The SMILES string of the molecule is CC(C)CNCc1cc(Br)ccc1N(C)C1CCCC1. The summed E-state index contributed by atoms with van der Waals surface area (Å²) in [5, 5.41) is 3.57. The monoisotopic (exact) mass is 338 g/mol. The molecule has 0 aliphatic heterocycles. The topological polar surface area (TPSA) is 15.3 Å². The highest BCUT2D eigenvalue weighted by Gasteiger charge is 2.21. The molecule has 2 rings (SSSR count). The largest absolute Gasteiger partial charge is 0.371 e. The predicted octanol–water partition coefficient (Wildman–Crippen LogP) is 4.57. The molecule has 0 unspecified atom stereocenters. The normalized spacial score (nSPS) is 16.1. The van der Waals surface area contributed by atoms with E-state index in [0.29, 0.717) is 5.92 Å². The minimum absolute atomic E-state index is 0.693. The van der Waals surface area contributed by atoms with Gasteiger partial charge in [0.1, 0.15) is 0 Å². The van der Waals surface area contributed by atoms with Crippen LogP contribution in [0.15, 0.2) is 22.7 Å². The lowest BCUT2D eigenvalue weighted by Gasteiger charge is -2.29. The minimum atomic E-state index is 0.693. The van der Waals surface area contributed by atoms with Crippen LogP contribution in [0.25, 0.3) is 0 Å². The maximum atomic E-state index is 3.60. The van der Waals surface area contributed by atoms with Crippen LogP contribution in [-0.4, -0.2) is 19.6 Å². The second-order valence-corrected chi connectivity index (χ2v) is 7.26. The van der Waals surface area contributed by atoms with Gasteiger partial charge in [0.15, 0.2) is 0 Å². The Balaban J connectivity index is 2.09. The number of nitrogens with zero attached hydrogens (tertiary/aromatic N) is 1. The zero-order chi connectivity index (χ0) is 14.5. The van der Waals surface area contributed by atoms with Crippen LogP contribution in [0.3, 0.4) is 0 Å². The maximum Gasteiger partial charge on any atom is 0.0412 e. The molecule has 112 valence electrons. The number of hydrogen-bond acceptors (Lipinski definition) is 2. The molecule has 3 heteroatoms. The van der Waals surface area contributed by atoms with Crippen molar-refractivity contribution in [1.29, 1.82) is 0 Å². The fourth-order valence-electron chi connectivity index (χ4n) is 3.02. The summed E-state index contributed by atoms with van der Waals surface area (Å²) >= 11 is 3.60. The van der Waals surface area contributed by atoms with E-state index in [1.54, 1.807) is 0 Å². The summed E-state index contributed by atoms with van der Waals surface area (Å²) in [7, 11) is 2.26. The molecular weight excluding hydrogens is 312 g/mol. The molecule has 0 atom stereocenters. The molecule has 1 aliphatic rings. The molecule has 1 aromatic carbocycles. The quantitative estimate of drug-likeness (QED) is 0.816. The minimum Gasteiger partial charge on any atom is -0.371 e. The zero-order valence-electron chi connectivity index (χ0n) is 13.0. The van der Waals surface area contributed by atoms with E-state index >= 15 is 0 Å². The summed E-state index contributed by atoms with van der Waals surface area (Å²) in [6, 6.07) is 7.40. The average molecular weight is 339 g/mol. The lowest BCUT2D eigenvalue weighted by atomic mass is 10.1. The van der Waals surface area contributed by atoms with Crippen molar-refractivity contribution < 1.29 is 0 Å². The second-order valence-electron chi connectivity index (χ2n) is 6.35. The molecule has 1 N–H and O–H groups in total. The summed E-state index contributed by atoms with van der Waals surface area (Å²) < 4.78 is 1.17. The van der Waals surface area contributed by atoms with E-state index in [-0.39, 0.29) is 0 Å². The highest BCUT2D eigenvalue weighted by molar-refractivity contribution is 9.10. The van der Waals surface area contributed by atoms with Crippen molar-refractivity contribution in [3.63, 3.8) is 0 Å². The summed E-state index contributed by atoms with van der Waals surface area (Å²) in [6.07, 6.45) is 5.44. The Hall–Kier alpha value is -0.540. The summed E-state index contributed by atoms with van der Waals surface area (Å²) in [6.45, 7) is 6.52. The molecule has 0 spiro atoms. The number of anilines is 1. The van der Waals surface area contributed by atoms with Gasteiger partial charge in [-0.3, -0.25) is 0 Å². The van der Waals surface area contributed by atoms with Crippen molar-refractivity contribution in [1.82, 2.24) is 5.32 Å². The van der Waals surface area contributed by atoms with Gasteiger partial charge in [0.25, 0.3) is 0 Å². The standard InChI is InChI=1S/C17H27BrN2/c1-13(2)11-19-12-14-10-15(18)8-9-17(14)20(3)16-6-4-5-7-16/h8-10,13,16,19H,4-7,11-12H2,1-3H3. The third kappa shape index (κ3) is 4.23. The first kappa shape index (κ1) is 15.8. The molecule has 0 radical (unpaired) electrons. The van der Waals surface area contributed by atoms with E-state index in [9.17, 15) is 0 Å². The molecule has 2 nitrogen and oxygen atoms in total. The Labute approximate surface area is 132 Å². The third-order valence-electron chi connectivity index (χ3n) is 4.16. The van der Waals surface area contributed by atoms with E-state index in [2.05, 4.69) is 65.2 Å². The van der Waals surface area contributed by atoms with Crippen LogP contribution >= 0.6 is 15.9 Å². The molecule has 0 heterocycles. The van der Waals surface area contributed by atoms with Crippen molar-refractivity contribution in [2.45, 2.75) is 52.1 Å². The van der Waals surface area contributed by atoms with Crippen LogP contribution in [-0.2, 0) is 6.54 Å². The fraction of sp³-hybridized carbons (Fsp3) is 0.647. The van der Waals surface area contributed by atoms with Crippen LogP contribution in [0.1, 0.15) is 45.1 Å². The van der Waals surface area contributed by atoms with Gasteiger partial charge in [-0.15, -0.1) is 0 Å². The predicted molar refractivity (Wildman–Crippen MR) is 91.3 cm³/mol. The van der Waals surface area contributed by atoms with Gasteiger partial charge in [0.2, 0.25) is 0 Å². The summed E-state index contributed by atoms with van der Waals surface area (Å²) in [4.78, 5) is 2.49. The molecule has 1 aromatic rings. The Morgan fingerprint density at radius 1 is 1.30 bits per heavy atom. The van der Waals surface area contributed by atoms with E-state index in [1.807, 2.05) is 0 Å². The van der Waals surface area contributed by atoms with Crippen molar-refractivity contribution in [3.8, 4) is 0 Å². The number of halogens is 1. The smallest absolute Gasteiger partial charge is 0.0412 e. The lowest BCUT2D eigenvalue weighted by molar-refractivity contribution is 0.551. The first-order valence-corrected chi connectivity index (χ1v) is 8.59. The van der Waals surface area contributed by atoms with Crippen molar-refractivity contribution >= 4 is 21.6 Å². The number of benzene rings is 1. The van der Waals surface area contributed by atoms with Crippen LogP contribution in [0.2, 0.25) is 0 Å². The van der Waals surface area contributed by atoms with Gasteiger partial charge in [-0.05, 0) is 49.1 Å². The molecule has 0 amide bonds. The van der Waals surface area contributed by atoms with Gasteiger partial charge in [-0.25, -0.2) is 0 Å². The highest BCUT2D eigenvalue weighted by atomic mass is 79.9. The molecule has 20 heavy (non-hydrogen) atoms.